The third kappa shape index (κ3) is 3.42. The van der Waals surface area contributed by atoms with E-state index < -0.39 is 0 Å². The molecule has 0 aliphatic carbocycles. The maximum Gasteiger partial charge on any atom is 0.269 e. The third-order valence-corrected chi connectivity index (χ3v) is 5.81. The molecule has 3 heterocycles. The first-order valence-electron chi connectivity index (χ1n) is 10.1. The molecule has 2 fully saturated rings. The maximum absolute atomic E-state index is 12.8. The normalized spacial score (nSPS) is 24.4. The van der Waals surface area contributed by atoms with E-state index in [0.717, 1.165) is 24.2 Å². The number of rotatable bonds is 5. The molecule has 2 bridgehead atoms. The number of H-pyrrole nitrogens is 1. The number of nitrogens with zero attached hydrogens (tertiary/aromatic N) is 2. The van der Waals surface area contributed by atoms with Crippen LogP contribution in [0.4, 0.5) is 0 Å². The van der Waals surface area contributed by atoms with E-state index in [1.807, 2.05) is 54.6 Å². The summed E-state index contributed by atoms with van der Waals surface area (Å²) in [4.78, 5) is 12.8. The maximum atomic E-state index is 12.8. The van der Waals surface area contributed by atoms with Crippen molar-refractivity contribution in [3.63, 3.8) is 0 Å². The number of hydrogen-bond acceptors (Lipinski definition) is 5. The molecule has 1 amide bonds. The molecule has 0 saturated carbocycles. The minimum absolute atomic E-state index is 0.0198. The zero-order valence-corrected chi connectivity index (χ0v) is 16.2. The van der Waals surface area contributed by atoms with Gasteiger partial charge in [0.15, 0.2) is 0 Å². The molecule has 1 aromatic heterocycles. The van der Waals surface area contributed by atoms with Crippen molar-refractivity contribution in [1.29, 1.82) is 5.26 Å². The van der Waals surface area contributed by atoms with Crippen LogP contribution >= 0.6 is 0 Å². The molecule has 1 unspecified atom stereocenters. The van der Waals surface area contributed by atoms with E-state index in [0.29, 0.717) is 23.2 Å². The summed E-state index contributed by atoms with van der Waals surface area (Å²) in [6, 6.07) is 21.5. The average molecular weight is 399 g/mol. The van der Waals surface area contributed by atoms with Crippen molar-refractivity contribution in [3.05, 3.63) is 66.4 Å². The Bertz CT molecular complexity index is 1100. The molecule has 2 aliphatic rings. The SMILES string of the molecule is N#CC1C[C@H]2C[C@@H](NC(=O)c3cc(-c4ccccc4Oc4ccccc4)n[nH]3)[C@@H]1N2. The first-order valence-corrected chi connectivity index (χ1v) is 10.1. The van der Waals surface area contributed by atoms with Gasteiger partial charge in [-0.15, -0.1) is 0 Å². The van der Waals surface area contributed by atoms with Crippen molar-refractivity contribution in [1.82, 2.24) is 20.8 Å². The van der Waals surface area contributed by atoms with Gasteiger partial charge in [-0.1, -0.05) is 30.3 Å². The summed E-state index contributed by atoms with van der Waals surface area (Å²) >= 11 is 0. The Labute approximate surface area is 174 Å². The van der Waals surface area contributed by atoms with E-state index in [1.165, 1.54) is 0 Å². The molecule has 7 nitrogen and oxygen atoms in total. The summed E-state index contributed by atoms with van der Waals surface area (Å²) in [5.74, 6) is 1.13. The number of ether oxygens (including phenoxy) is 1. The number of hydrogen-bond donors (Lipinski definition) is 3. The number of benzene rings is 2. The van der Waals surface area contributed by atoms with Gasteiger partial charge in [-0.2, -0.15) is 10.4 Å². The second kappa shape index (κ2) is 7.65. The smallest absolute Gasteiger partial charge is 0.269 e. The lowest BCUT2D eigenvalue weighted by Gasteiger charge is -2.24. The summed E-state index contributed by atoms with van der Waals surface area (Å²) in [7, 11) is 0. The fourth-order valence-corrected chi connectivity index (χ4v) is 4.41. The van der Waals surface area contributed by atoms with Crippen LogP contribution in [-0.2, 0) is 0 Å². The monoisotopic (exact) mass is 399 g/mol. The largest absolute Gasteiger partial charge is 0.457 e. The zero-order chi connectivity index (χ0) is 20.5. The van der Waals surface area contributed by atoms with Gasteiger partial charge in [-0.05, 0) is 43.2 Å². The van der Waals surface area contributed by atoms with Gasteiger partial charge in [0.25, 0.3) is 5.91 Å². The first kappa shape index (κ1) is 18.4. The Morgan fingerprint density at radius 2 is 1.93 bits per heavy atom. The van der Waals surface area contributed by atoms with Crippen molar-refractivity contribution < 1.29 is 9.53 Å². The van der Waals surface area contributed by atoms with Crippen molar-refractivity contribution in [2.45, 2.75) is 31.0 Å². The van der Waals surface area contributed by atoms with Gasteiger partial charge in [-0.25, -0.2) is 0 Å². The molecular weight excluding hydrogens is 378 g/mol. The number of carbonyl (C=O) groups excluding carboxylic acids is 1. The molecule has 30 heavy (non-hydrogen) atoms. The molecule has 2 aliphatic heterocycles. The van der Waals surface area contributed by atoms with Crippen LogP contribution in [0.2, 0.25) is 0 Å². The molecule has 3 aromatic rings. The standard InChI is InChI=1S/C23H21N5O2/c24-13-14-10-15-11-19(22(14)25-15)26-23(29)20-12-18(27-28-20)17-8-4-5-9-21(17)30-16-6-2-1-3-7-16/h1-9,12,14-15,19,22,25H,10-11H2,(H,26,29)(H,27,28)/t14?,15-,19+,22+/m0/s1. The summed E-state index contributed by atoms with van der Waals surface area (Å²) in [6.45, 7) is 0. The van der Waals surface area contributed by atoms with E-state index >= 15 is 0 Å². The Morgan fingerprint density at radius 1 is 1.13 bits per heavy atom. The molecule has 0 radical (unpaired) electrons. The highest BCUT2D eigenvalue weighted by atomic mass is 16.5. The number of aromatic amines is 1. The fourth-order valence-electron chi connectivity index (χ4n) is 4.41. The minimum Gasteiger partial charge on any atom is -0.457 e. The summed E-state index contributed by atoms with van der Waals surface area (Å²) < 4.78 is 6.01. The number of nitrogens with one attached hydrogen (secondary N) is 3. The van der Waals surface area contributed by atoms with Crippen LogP contribution in [0.5, 0.6) is 11.5 Å². The highest BCUT2D eigenvalue weighted by Gasteiger charge is 2.46. The fraction of sp³-hybridized carbons (Fsp3) is 0.261. The Hall–Kier alpha value is -3.63. The highest BCUT2D eigenvalue weighted by Crippen LogP contribution is 2.34. The Kier molecular flexibility index (Phi) is 4.69. The van der Waals surface area contributed by atoms with Gasteiger partial charge < -0.3 is 15.4 Å². The number of carbonyl (C=O) groups is 1. The molecule has 4 atom stereocenters. The predicted molar refractivity (Wildman–Crippen MR) is 111 cm³/mol. The highest BCUT2D eigenvalue weighted by molar-refractivity contribution is 5.93. The molecule has 2 saturated heterocycles. The van der Waals surface area contributed by atoms with Gasteiger partial charge in [0.05, 0.1) is 17.7 Å². The van der Waals surface area contributed by atoms with Crippen molar-refractivity contribution in [2.24, 2.45) is 5.92 Å². The van der Waals surface area contributed by atoms with Gasteiger partial charge in [0.2, 0.25) is 0 Å². The second-order valence-electron chi connectivity index (χ2n) is 7.75. The van der Waals surface area contributed by atoms with Crippen molar-refractivity contribution in [3.8, 4) is 28.8 Å². The molecule has 0 spiro atoms. The molecule has 5 rings (SSSR count). The number of amides is 1. The van der Waals surface area contributed by atoms with Gasteiger partial charge in [0.1, 0.15) is 17.2 Å². The number of nitriles is 1. The van der Waals surface area contributed by atoms with Gasteiger partial charge in [0, 0.05) is 23.7 Å². The third-order valence-electron chi connectivity index (χ3n) is 5.81. The molecule has 7 heteroatoms. The molecule has 2 aromatic carbocycles. The van der Waals surface area contributed by atoms with Gasteiger partial charge >= 0.3 is 0 Å². The minimum atomic E-state index is -0.216. The Balaban J connectivity index is 1.33. The van der Waals surface area contributed by atoms with Crippen LogP contribution in [0.3, 0.4) is 0 Å². The lowest BCUT2D eigenvalue weighted by Crippen LogP contribution is -2.46. The lowest BCUT2D eigenvalue weighted by molar-refractivity contribution is 0.0923. The van der Waals surface area contributed by atoms with Crippen LogP contribution in [0.15, 0.2) is 60.7 Å². The summed E-state index contributed by atoms with van der Waals surface area (Å²) in [6.07, 6.45) is 1.71. The Morgan fingerprint density at radius 3 is 2.73 bits per heavy atom. The average Bonchev–Trinajstić information content (AvgIpc) is 3.50. The molecule has 150 valence electrons. The first-order chi connectivity index (χ1) is 14.7. The number of para-hydroxylation sites is 2. The van der Waals surface area contributed by atoms with Crippen LogP contribution < -0.4 is 15.4 Å². The van der Waals surface area contributed by atoms with Crippen molar-refractivity contribution in [2.75, 3.05) is 0 Å². The number of aromatic nitrogens is 2. The van der Waals surface area contributed by atoms with Crippen LogP contribution in [-0.4, -0.2) is 34.2 Å². The van der Waals surface area contributed by atoms with Gasteiger partial charge in [-0.3, -0.25) is 9.89 Å². The van der Waals surface area contributed by atoms with E-state index in [9.17, 15) is 10.1 Å². The van der Waals surface area contributed by atoms with Crippen molar-refractivity contribution >= 4 is 5.91 Å². The number of fused-ring (bicyclic) bond motifs is 2. The summed E-state index contributed by atoms with van der Waals surface area (Å²) in [5, 5.41) is 22.9. The van der Waals surface area contributed by atoms with E-state index in [2.05, 4.69) is 26.9 Å². The lowest BCUT2D eigenvalue weighted by atomic mass is 9.86. The summed E-state index contributed by atoms with van der Waals surface area (Å²) in [5.41, 5.74) is 1.81. The molecular formula is C23H21N5O2. The second-order valence-corrected chi connectivity index (χ2v) is 7.75. The predicted octanol–water partition coefficient (Wildman–Crippen LogP) is 3.24. The van der Waals surface area contributed by atoms with E-state index in [-0.39, 0.29) is 23.9 Å². The zero-order valence-electron chi connectivity index (χ0n) is 16.2. The topological polar surface area (TPSA) is 103 Å². The van der Waals surface area contributed by atoms with Crippen LogP contribution in [0, 0.1) is 17.2 Å². The van der Waals surface area contributed by atoms with E-state index in [4.69, 9.17) is 4.74 Å². The van der Waals surface area contributed by atoms with E-state index in [1.54, 1.807) is 6.07 Å². The quantitative estimate of drug-likeness (QED) is 0.611. The molecule has 3 N–H and O–H groups in total. The van der Waals surface area contributed by atoms with Crippen LogP contribution in [0.25, 0.3) is 11.3 Å². The van der Waals surface area contributed by atoms with Crippen LogP contribution in [0.1, 0.15) is 23.3 Å².